The second-order valence-electron chi connectivity index (χ2n) is 6.63. The van der Waals surface area contributed by atoms with Crippen LogP contribution in [0, 0.1) is 0 Å². The number of hydrogen-bond donors (Lipinski definition) is 1. The van der Waals surface area contributed by atoms with Crippen molar-refractivity contribution >= 4 is 17.7 Å². The summed E-state index contributed by atoms with van der Waals surface area (Å²) in [7, 11) is 4.37. The maximum Gasteiger partial charge on any atom is 0.342 e. The zero-order valence-electron chi connectivity index (χ0n) is 16.8. The van der Waals surface area contributed by atoms with Gasteiger partial charge in [0.1, 0.15) is 17.1 Å². The number of aromatic nitrogens is 2. The quantitative estimate of drug-likeness (QED) is 0.676. The van der Waals surface area contributed by atoms with E-state index in [4.69, 9.17) is 18.9 Å². The molecule has 3 rings (SSSR count). The van der Waals surface area contributed by atoms with E-state index in [1.807, 2.05) is 4.68 Å². The van der Waals surface area contributed by atoms with Crippen LogP contribution in [-0.2, 0) is 9.53 Å². The van der Waals surface area contributed by atoms with Gasteiger partial charge in [0, 0.05) is 18.2 Å². The molecule has 29 heavy (non-hydrogen) atoms. The molecule has 2 aromatic rings. The molecule has 1 aliphatic rings. The maximum atomic E-state index is 12.5. The number of rotatable bonds is 8. The number of amides is 1. The van der Waals surface area contributed by atoms with Crippen LogP contribution in [0.4, 0.5) is 5.82 Å². The van der Waals surface area contributed by atoms with Gasteiger partial charge in [-0.1, -0.05) is 12.8 Å². The monoisotopic (exact) mass is 403 g/mol. The normalized spacial score (nSPS) is 13.8. The molecular formula is C20H25N3O6. The summed E-state index contributed by atoms with van der Waals surface area (Å²) in [6, 6.07) is 5.00. The average molecular weight is 403 g/mol. The third-order valence-electron chi connectivity index (χ3n) is 4.87. The maximum absolute atomic E-state index is 12.5. The van der Waals surface area contributed by atoms with E-state index in [0.717, 1.165) is 25.7 Å². The van der Waals surface area contributed by atoms with E-state index in [9.17, 15) is 9.59 Å². The molecule has 1 heterocycles. The molecule has 1 saturated carbocycles. The molecule has 0 radical (unpaired) electrons. The molecule has 0 bridgehead atoms. The van der Waals surface area contributed by atoms with Crippen LogP contribution >= 0.6 is 0 Å². The van der Waals surface area contributed by atoms with Crippen molar-refractivity contribution in [1.82, 2.24) is 9.78 Å². The summed E-state index contributed by atoms with van der Waals surface area (Å²) in [5.41, 5.74) is 0.133. The highest BCUT2D eigenvalue weighted by atomic mass is 16.5. The minimum Gasteiger partial charge on any atom is -0.496 e. The average Bonchev–Trinajstić information content (AvgIpc) is 3.42. The lowest BCUT2D eigenvalue weighted by molar-refractivity contribution is -0.119. The largest absolute Gasteiger partial charge is 0.496 e. The van der Waals surface area contributed by atoms with Gasteiger partial charge in [0.15, 0.2) is 18.1 Å². The summed E-state index contributed by atoms with van der Waals surface area (Å²) in [6.45, 7) is -0.438. The van der Waals surface area contributed by atoms with E-state index in [0.29, 0.717) is 23.4 Å². The van der Waals surface area contributed by atoms with Crippen molar-refractivity contribution in [2.45, 2.75) is 31.7 Å². The van der Waals surface area contributed by atoms with Gasteiger partial charge in [0.25, 0.3) is 5.91 Å². The number of ether oxygens (including phenoxy) is 4. The summed E-state index contributed by atoms with van der Waals surface area (Å²) in [6.07, 6.45) is 6.04. The second-order valence-corrected chi connectivity index (χ2v) is 6.63. The SMILES string of the molecule is COc1cc(OC)c(C(=O)OCC(=O)Nc2ccnn2C2CCCC2)cc1OC. The van der Waals surface area contributed by atoms with Gasteiger partial charge in [-0.25, -0.2) is 9.48 Å². The van der Waals surface area contributed by atoms with E-state index < -0.39 is 18.5 Å². The molecule has 9 nitrogen and oxygen atoms in total. The highest BCUT2D eigenvalue weighted by molar-refractivity contribution is 5.97. The standard InChI is InChI=1S/C20H25N3O6/c1-26-15-11-17(28-3)16(27-2)10-14(15)20(25)29-12-19(24)22-18-8-9-21-23(18)13-6-4-5-7-13/h8-11,13H,4-7,12H2,1-3H3,(H,22,24). The Bertz CT molecular complexity index is 873. The molecule has 0 unspecified atom stereocenters. The predicted molar refractivity (Wildman–Crippen MR) is 105 cm³/mol. The number of carbonyl (C=O) groups excluding carboxylic acids is 2. The van der Waals surface area contributed by atoms with Crippen LogP contribution in [0.2, 0.25) is 0 Å². The summed E-state index contributed by atoms with van der Waals surface area (Å²) < 4.78 is 22.6. The first-order chi connectivity index (χ1) is 14.1. The van der Waals surface area contributed by atoms with E-state index in [1.165, 1.54) is 33.5 Å². The van der Waals surface area contributed by atoms with E-state index in [-0.39, 0.29) is 11.3 Å². The van der Waals surface area contributed by atoms with Gasteiger partial charge in [-0.05, 0) is 12.8 Å². The first-order valence-electron chi connectivity index (χ1n) is 9.37. The third kappa shape index (κ3) is 4.61. The molecule has 156 valence electrons. The fourth-order valence-electron chi connectivity index (χ4n) is 3.43. The van der Waals surface area contributed by atoms with Crippen molar-refractivity contribution < 1.29 is 28.5 Å². The number of methoxy groups -OCH3 is 3. The molecule has 0 saturated heterocycles. The Morgan fingerprint density at radius 2 is 1.72 bits per heavy atom. The molecule has 1 aromatic carbocycles. The highest BCUT2D eigenvalue weighted by Crippen LogP contribution is 2.35. The number of hydrogen-bond acceptors (Lipinski definition) is 7. The molecular weight excluding hydrogens is 378 g/mol. The van der Waals surface area contributed by atoms with Crippen LogP contribution in [0.25, 0.3) is 0 Å². The summed E-state index contributed by atoms with van der Waals surface area (Å²) in [5, 5.41) is 7.06. The van der Waals surface area contributed by atoms with Crippen LogP contribution in [0.5, 0.6) is 17.2 Å². The number of benzene rings is 1. The molecule has 0 atom stereocenters. The molecule has 1 N–H and O–H groups in total. The topological polar surface area (TPSA) is 101 Å². The molecule has 1 aromatic heterocycles. The van der Waals surface area contributed by atoms with Gasteiger partial charge < -0.3 is 24.3 Å². The molecule has 0 spiro atoms. The van der Waals surface area contributed by atoms with Crippen LogP contribution in [-0.4, -0.2) is 49.6 Å². The first kappa shape index (κ1) is 20.5. The van der Waals surface area contributed by atoms with Gasteiger partial charge in [-0.15, -0.1) is 0 Å². The predicted octanol–water partition coefficient (Wildman–Crippen LogP) is 2.82. The van der Waals surface area contributed by atoms with Crippen molar-refractivity contribution in [3.8, 4) is 17.2 Å². The third-order valence-corrected chi connectivity index (χ3v) is 4.87. The Morgan fingerprint density at radius 1 is 1.07 bits per heavy atom. The molecule has 9 heteroatoms. The zero-order valence-corrected chi connectivity index (χ0v) is 16.8. The minimum atomic E-state index is -0.706. The molecule has 1 aliphatic carbocycles. The van der Waals surface area contributed by atoms with Crippen LogP contribution < -0.4 is 19.5 Å². The van der Waals surface area contributed by atoms with Crippen LogP contribution in [0.3, 0.4) is 0 Å². The Kier molecular flexibility index (Phi) is 6.58. The van der Waals surface area contributed by atoms with E-state index in [2.05, 4.69) is 10.4 Å². The summed E-state index contributed by atoms with van der Waals surface area (Å²) in [4.78, 5) is 24.8. The number of esters is 1. The van der Waals surface area contributed by atoms with Crippen molar-refractivity contribution in [1.29, 1.82) is 0 Å². The smallest absolute Gasteiger partial charge is 0.342 e. The molecule has 0 aliphatic heterocycles. The number of carbonyl (C=O) groups is 2. The van der Waals surface area contributed by atoms with E-state index >= 15 is 0 Å². The van der Waals surface area contributed by atoms with Gasteiger partial charge >= 0.3 is 5.97 Å². The van der Waals surface area contributed by atoms with Gasteiger partial charge in [-0.3, -0.25) is 4.79 Å². The lowest BCUT2D eigenvalue weighted by atomic mass is 10.1. The van der Waals surface area contributed by atoms with Gasteiger partial charge in [-0.2, -0.15) is 5.10 Å². The lowest BCUT2D eigenvalue weighted by Crippen LogP contribution is -2.23. The highest BCUT2D eigenvalue weighted by Gasteiger charge is 2.22. The van der Waals surface area contributed by atoms with Crippen molar-refractivity contribution in [2.75, 3.05) is 33.3 Å². The fraction of sp³-hybridized carbons (Fsp3) is 0.450. The Morgan fingerprint density at radius 3 is 2.38 bits per heavy atom. The van der Waals surface area contributed by atoms with Crippen LogP contribution in [0.1, 0.15) is 42.1 Å². The lowest BCUT2D eigenvalue weighted by Gasteiger charge is -2.15. The first-order valence-corrected chi connectivity index (χ1v) is 9.37. The Balaban J connectivity index is 1.64. The molecule has 1 amide bonds. The van der Waals surface area contributed by atoms with Gasteiger partial charge in [0.05, 0.1) is 33.6 Å². The summed E-state index contributed by atoms with van der Waals surface area (Å²) >= 11 is 0. The van der Waals surface area contributed by atoms with Crippen molar-refractivity contribution in [3.63, 3.8) is 0 Å². The molecule has 1 fully saturated rings. The summed E-state index contributed by atoms with van der Waals surface area (Å²) in [5.74, 6) is 0.470. The van der Waals surface area contributed by atoms with E-state index in [1.54, 1.807) is 12.3 Å². The number of nitrogens with one attached hydrogen (secondary N) is 1. The second kappa shape index (κ2) is 9.31. The Hall–Kier alpha value is -3.23. The Labute approximate surface area is 168 Å². The number of nitrogens with zero attached hydrogens (tertiary/aromatic N) is 2. The zero-order chi connectivity index (χ0) is 20.8. The number of anilines is 1. The van der Waals surface area contributed by atoms with Crippen molar-refractivity contribution in [2.24, 2.45) is 0 Å². The minimum absolute atomic E-state index is 0.133. The van der Waals surface area contributed by atoms with Crippen LogP contribution in [0.15, 0.2) is 24.4 Å². The van der Waals surface area contributed by atoms with Crippen molar-refractivity contribution in [3.05, 3.63) is 30.0 Å². The van der Waals surface area contributed by atoms with Gasteiger partial charge in [0.2, 0.25) is 0 Å². The fourth-order valence-corrected chi connectivity index (χ4v) is 3.43.